The zero-order valence-electron chi connectivity index (χ0n) is 11.5. The molecule has 20 heavy (non-hydrogen) atoms. The molecule has 0 bridgehead atoms. The first-order valence-electron chi connectivity index (χ1n) is 5.73. The van der Waals surface area contributed by atoms with Crippen molar-refractivity contribution in [3.05, 3.63) is 38.1 Å². The average molecular weight is 362 g/mol. The summed E-state index contributed by atoms with van der Waals surface area (Å²) in [6, 6.07) is 1.53. The summed E-state index contributed by atoms with van der Waals surface area (Å²) in [5.74, 6) is 0.239. The van der Waals surface area contributed by atoms with Crippen molar-refractivity contribution in [3.8, 4) is 0 Å². The molecule has 0 atom stereocenters. The lowest BCUT2D eigenvalue weighted by atomic mass is 10.1. The number of aliphatic imine (C=N–C) groups is 1. The molecule has 0 aromatic carbocycles. The molecule has 0 amide bonds. The SMILES string of the molecule is C=C(N=C(C)c1cc(Br)c(=O)n(CC)c1N)S(C)(=O)=O. The molecule has 0 unspecified atom stereocenters. The third kappa shape index (κ3) is 3.37. The molecule has 6 nitrogen and oxygen atoms in total. The van der Waals surface area contributed by atoms with Gasteiger partial charge in [-0.2, -0.15) is 0 Å². The Hall–Kier alpha value is -1.41. The lowest BCUT2D eigenvalue weighted by molar-refractivity contribution is 0.607. The van der Waals surface area contributed by atoms with Crippen LogP contribution < -0.4 is 11.3 Å². The fraction of sp³-hybridized carbons (Fsp3) is 0.333. The first-order chi connectivity index (χ1) is 9.09. The van der Waals surface area contributed by atoms with Gasteiger partial charge in [0.05, 0.1) is 4.47 Å². The van der Waals surface area contributed by atoms with Crippen molar-refractivity contribution in [1.82, 2.24) is 4.57 Å². The number of nitrogens with zero attached hydrogens (tertiary/aromatic N) is 2. The number of hydrogen-bond acceptors (Lipinski definition) is 5. The maximum atomic E-state index is 11.9. The van der Waals surface area contributed by atoms with E-state index < -0.39 is 9.84 Å². The normalized spacial score (nSPS) is 12.5. The third-order valence-corrected chi connectivity index (χ3v) is 4.23. The molecule has 0 radical (unpaired) electrons. The van der Waals surface area contributed by atoms with E-state index in [2.05, 4.69) is 27.5 Å². The molecule has 0 aliphatic carbocycles. The predicted molar refractivity (Wildman–Crippen MR) is 84.7 cm³/mol. The number of anilines is 1. The summed E-state index contributed by atoms with van der Waals surface area (Å²) < 4.78 is 24.4. The second-order valence-electron chi connectivity index (χ2n) is 4.20. The van der Waals surface area contributed by atoms with E-state index in [-0.39, 0.29) is 16.4 Å². The van der Waals surface area contributed by atoms with E-state index in [9.17, 15) is 13.2 Å². The van der Waals surface area contributed by atoms with Crippen LogP contribution in [0.25, 0.3) is 0 Å². The van der Waals surface area contributed by atoms with Gasteiger partial charge in [0.25, 0.3) is 5.56 Å². The lowest BCUT2D eigenvalue weighted by Crippen LogP contribution is -2.25. The maximum Gasteiger partial charge on any atom is 0.266 e. The number of hydrogen-bond donors (Lipinski definition) is 1. The van der Waals surface area contributed by atoms with Crippen molar-refractivity contribution in [2.24, 2.45) is 4.99 Å². The van der Waals surface area contributed by atoms with Crippen LogP contribution in [0.1, 0.15) is 19.4 Å². The largest absolute Gasteiger partial charge is 0.384 e. The van der Waals surface area contributed by atoms with Crippen LogP contribution in [0.4, 0.5) is 5.82 Å². The Kier molecular flexibility index (Phi) is 4.93. The van der Waals surface area contributed by atoms with Crippen molar-refractivity contribution in [1.29, 1.82) is 0 Å². The number of halogens is 1. The average Bonchev–Trinajstić information content (AvgIpc) is 2.33. The summed E-state index contributed by atoms with van der Waals surface area (Å²) >= 11 is 3.16. The van der Waals surface area contributed by atoms with Gasteiger partial charge >= 0.3 is 0 Å². The molecule has 1 heterocycles. The van der Waals surface area contributed by atoms with Crippen molar-refractivity contribution in [3.63, 3.8) is 0 Å². The van der Waals surface area contributed by atoms with Crippen molar-refractivity contribution in [2.75, 3.05) is 12.0 Å². The Labute approximate surface area is 126 Å². The maximum absolute atomic E-state index is 11.9. The smallest absolute Gasteiger partial charge is 0.266 e. The Bertz CT molecular complexity index is 748. The standard InChI is InChI=1S/C12H16BrN3O3S/c1-5-16-11(14)9(6-10(13)12(16)17)7(2)15-8(3)20(4,18)19/h6H,3,5,14H2,1-2,4H3. The van der Waals surface area contributed by atoms with Gasteiger partial charge in [0.2, 0.25) is 0 Å². The minimum atomic E-state index is -3.46. The van der Waals surface area contributed by atoms with E-state index in [0.29, 0.717) is 22.3 Å². The highest BCUT2D eigenvalue weighted by Crippen LogP contribution is 2.17. The molecule has 0 fully saturated rings. The van der Waals surface area contributed by atoms with Crippen LogP contribution in [0.2, 0.25) is 0 Å². The van der Waals surface area contributed by atoms with Gasteiger partial charge < -0.3 is 5.73 Å². The van der Waals surface area contributed by atoms with Crippen LogP contribution in [0.3, 0.4) is 0 Å². The minimum Gasteiger partial charge on any atom is -0.384 e. The fourth-order valence-corrected chi connectivity index (χ4v) is 2.33. The highest BCUT2D eigenvalue weighted by atomic mass is 79.9. The molecule has 0 saturated carbocycles. The monoisotopic (exact) mass is 361 g/mol. The van der Waals surface area contributed by atoms with Gasteiger partial charge in [0, 0.05) is 24.1 Å². The molecule has 0 aliphatic rings. The number of nitrogen functional groups attached to an aromatic ring is 1. The zero-order chi connectivity index (χ0) is 15.7. The Balaban J connectivity index is 3.49. The molecule has 0 aliphatic heterocycles. The van der Waals surface area contributed by atoms with Gasteiger partial charge in [-0.05, 0) is 35.8 Å². The molecule has 1 aromatic heterocycles. The predicted octanol–water partition coefficient (Wildman–Crippen LogP) is 1.54. The molecule has 110 valence electrons. The molecule has 1 aromatic rings. The quantitative estimate of drug-likeness (QED) is 0.822. The summed E-state index contributed by atoms with van der Waals surface area (Å²) in [4.78, 5) is 15.8. The summed E-state index contributed by atoms with van der Waals surface area (Å²) in [6.45, 7) is 7.21. The van der Waals surface area contributed by atoms with Gasteiger partial charge in [0.15, 0.2) is 9.84 Å². The highest BCUT2D eigenvalue weighted by molar-refractivity contribution is 9.10. The number of nitrogens with two attached hydrogens (primary N) is 1. The molecule has 0 saturated heterocycles. The third-order valence-electron chi connectivity index (χ3n) is 2.71. The molecular weight excluding hydrogens is 346 g/mol. The van der Waals surface area contributed by atoms with E-state index in [1.807, 2.05) is 0 Å². The van der Waals surface area contributed by atoms with E-state index in [1.54, 1.807) is 13.8 Å². The molecule has 1 rings (SSSR count). The molecule has 2 N–H and O–H groups in total. The van der Waals surface area contributed by atoms with Gasteiger partial charge in [-0.15, -0.1) is 0 Å². The minimum absolute atomic E-state index is 0.239. The summed E-state index contributed by atoms with van der Waals surface area (Å²) in [6.07, 6.45) is 1.03. The fourth-order valence-electron chi connectivity index (χ4n) is 1.58. The lowest BCUT2D eigenvalue weighted by Gasteiger charge is -2.13. The van der Waals surface area contributed by atoms with Crippen molar-refractivity contribution >= 4 is 37.3 Å². The Morgan fingerprint density at radius 3 is 2.55 bits per heavy atom. The molecule has 0 spiro atoms. The van der Waals surface area contributed by atoms with Crippen molar-refractivity contribution < 1.29 is 8.42 Å². The van der Waals surface area contributed by atoms with Crippen LogP contribution in [0, 0.1) is 0 Å². The second-order valence-corrected chi connectivity index (χ2v) is 7.07. The summed E-state index contributed by atoms with van der Waals surface area (Å²) in [5, 5.41) is -0.250. The van der Waals surface area contributed by atoms with E-state index in [0.717, 1.165) is 6.26 Å². The van der Waals surface area contributed by atoms with Crippen LogP contribution in [-0.2, 0) is 16.4 Å². The molecule has 8 heteroatoms. The Morgan fingerprint density at radius 1 is 1.55 bits per heavy atom. The Morgan fingerprint density at radius 2 is 2.10 bits per heavy atom. The topological polar surface area (TPSA) is 94.5 Å². The highest BCUT2D eigenvalue weighted by Gasteiger charge is 2.14. The first-order valence-corrected chi connectivity index (χ1v) is 8.41. The number of sulfone groups is 1. The molecular formula is C12H16BrN3O3S. The number of pyridine rings is 1. The van der Waals surface area contributed by atoms with Gasteiger partial charge in [-0.1, -0.05) is 6.58 Å². The van der Waals surface area contributed by atoms with Crippen LogP contribution in [0.5, 0.6) is 0 Å². The zero-order valence-corrected chi connectivity index (χ0v) is 13.9. The van der Waals surface area contributed by atoms with Gasteiger partial charge in [-0.3, -0.25) is 9.36 Å². The first kappa shape index (κ1) is 16.6. The van der Waals surface area contributed by atoms with E-state index >= 15 is 0 Å². The number of rotatable bonds is 4. The van der Waals surface area contributed by atoms with Crippen LogP contribution in [-0.4, -0.2) is 25.0 Å². The summed E-state index contributed by atoms with van der Waals surface area (Å²) in [7, 11) is -3.46. The van der Waals surface area contributed by atoms with E-state index in [4.69, 9.17) is 5.73 Å². The van der Waals surface area contributed by atoms with Crippen molar-refractivity contribution in [2.45, 2.75) is 20.4 Å². The second kappa shape index (κ2) is 5.92. The van der Waals surface area contributed by atoms with Gasteiger partial charge in [0.1, 0.15) is 10.8 Å². The van der Waals surface area contributed by atoms with Gasteiger partial charge in [-0.25, -0.2) is 13.4 Å². The van der Waals surface area contributed by atoms with E-state index in [1.165, 1.54) is 10.6 Å². The summed E-state index contributed by atoms with van der Waals surface area (Å²) in [5.41, 5.74) is 6.55. The number of aromatic nitrogens is 1. The van der Waals surface area contributed by atoms with Crippen LogP contribution >= 0.6 is 15.9 Å². The van der Waals surface area contributed by atoms with Crippen LogP contribution in [0.15, 0.2) is 31.9 Å².